The Labute approximate surface area is 110 Å². The molecule has 1 aliphatic heterocycles. The fraction of sp³-hybridized carbons (Fsp3) is 0.812. The van der Waals surface area contributed by atoms with Crippen LogP contribution >= 0.6 is 0 Å². The third-order valence-electron chi connectivity index (χ3n) is 5.42. The van der Waals surface area contributed by atoms with Crippen LogP contribution in [0.4, 0.5) is 0 Å². The summed E-state index contributed by atoms with van der Waals surface area (Å²) in [4.78, 5) is 12.1. The van der Waals surface area contributed by atoms with E-state index in [1.807, 2.05) is 0 Å². The molecule has 18 heavy (non-hydrogen) atoms. The van der Waals surface area contributed by atoms with Gasteiger partial charge in [0.15, 0.2) is 5.78 Å². The Kier molecular flexibility index (Phi) is 2.62. The second-order valence-corrected chi connectivity index (χ2v) is 7.19. The van der Waals surface area contributed by atoms with Crippen LogP contribution in [-0.4, -0.2) is 11.4 Å². The molecule has 0 spiro atoms. The Morgan fingerprint density at radius 3 is 2.67 bits per heavy atom. The monoisotopic (exact) mass is 248 g/mol. The molecule has 0 radical (unpaired) electrons. The molecule has 0 aromatic carbocycles. The minimum Gasteiger partial charge on any atom is -0.491 e. The molecular formula is C16H24O2. The minimum absolute atomic E-state index is 0.0296. The van der Waals surface area contributed by atoms with Crippen molar-refractivity contribution in [1.82, 2.24) is 0 Å². The number of ether oxygens (including phenoxy) is 1. The maximum Gasteiger partial charge on any atom is 0.162 e. The molecule has 2 heteroatoms. The van der Waals surface area contributed by atoms with Crippen molar-refractivity contribution in [2.75, 3.05) is 0 Å². The molecule has 0 saturated heterocycles. The van der Waals surface area contributed by atoms with Gasteiger partial charge < -0.3 is 4.74 Å². The predicted octanol–water partition coefficient (Wildman–Crippen LogP) is 4.00. The molecule has 3 aliphatic rings. The van der Waals surface area contributed by atoms with Crippen LogP contribution in [0.5, 0.6) is 0 Å². The summed E-state index contributed by atoms with van der Waals surface area (Å²) in [5.41, 5.74) is 1.29. The van der Waals surface area contributed by atoms with Crippen LogP contribution in [0, 0.1) is 11.3 Å². The average Bonchev–Trinajstić information content (AvgIpc) is 2.26. The molecule has 2 atom stereocenters. The standard InChI is InChI=1S/C16H24O2/c1-15(2)8-5-9-16(3)14(15)10-11-12(17)6-4-7-13(11)18-16/h14H,4-10H2,1-3H3. The first-order valence-electron chi connectivity index (χ1n) is 7.37. The fourth-order valence-electron chi connectivity index (χ4n) is 4.38. The zero-order valence-corrected chi connectivity index (χ0v) is 11.8. The topological polar surface area (TPSA) is 26.3 Å². The molecular weight excluding hydrogens is 224 g/mol. The Morgan fingerprint density at radius 1 is 1.11 bits per heavy atom. The molecule has 2 nitrogen and oxygen atoms in total. The van der Waals surface area contributed by atoms with Crippen LogP contribution in [0.1, 0.15) is 65.7 Å². The Morgan fingerprint density at radius 2 is 1.89 bits per heavy atom. The summed E-state index contributed by atoms with van der Waals surface area (Å²) in [6.45, 7) is 6.95. The summed E-state index contributed by atoms with van der Waals surface area (Å²) in [6, 6.07) is 0. The number of carbonyl (C=O) groups excluding carboxylic acids is 1. The molecule has 1 fully saturated rings. The lowest BCUT2D eigenvalue weighted by molar-refractivity contribution is -0.134. The zero-order chi connectivity index (χ0) is 13.0. The molecule has 0 amide bonds. The normalized spacial score (nSPS) is 38.8. The van der Waals surface area contributed by atoms with Gasteiger partial charge in [0.25, 0.3) is 0 Å². The predicted molar refractivity (Wildman–Crippen MR) is 71.1 cm³/mol. The van der Waals surface area contributed by atoms with E-state index in [1.54, 1.807) is 0 Å². The second-order valence-electron chi connectivity index (χ2n) is 7.19. The van der Waals surface area contributed by atoms with Gasteiger partial charge in [-0.05, 0) is 44.4 Å². The number of carbonyl (C=O) groups is 1. The van der Waals surface area contributed by atoms with E-state index in [0.717, 1.165) is 43.4 Å². The van der Waals surface area contributed by atoms with E-state index in [2.05, 4.69) is 20.8 Å². The van der Waals surface area contributed by atoms with E-state index < -0.39 is 0 Å². The molecule has 1 heterocycles. The van der Waals surface area contributed by atoms with Crippen molar-refractivity contribution >= 4 is 5.78 Å². The van der Waals surface area contributed by atoms with Crippen molar-refractivity contribution in [3.63, 3.8) is 0 Å². The van der Waals surface area contributed by atoms with E-state index >= 15 is 0 Å². The first kappa shape index (κ1) is 12.3. The van der Waals surface area contributed by atoms with Crippen LogP contribution in [0.2, 0.25) is 0 Å². The summed E-state index contributed by atoms with van der Waals surface area (Å²) in [7, 11) is 0. The van der Waals surface area contributed by atoms with E-state index in [4.69, 9.17) is 4.74 Å². The number of rotatable bonds is 0. The number of hydrogen-bond acceptors (Lipinski definition) is 2. The van der Waals surface area contributed by atoms with Crippen LogP contribution in [0.15, 0.2) is 11.3 Å². The second kappa shape index (κ2) is 3.85. The summed E-state index contributed by atoms with van der Waals surface area (Å²) in [6.07, 6.45) is 7.28. The fourth-order valence-corrected chi connectivity index (χ4v) is 4.38. The Hall–Kier alpha value is -0.790. The van der Waals surface area contributed by atoms with Gasteiger partial charge >= 0.3 is 0 Å². The van der Waals surface area contributed by atoms with E-state index in [9.17, 15) is 4.79 Å². The number of hydrogen-bond donors (Lipinski definition) is 0. The molecule has 0 bridgehead atoms. The van der Waals surface area contributed by atoms with Gasteiger partial charge in [0.05, 0.1) is 0 Å². The molecule has 0 N–H and O–H groups in total. The maximum absolute atomic E-state index is 12.1. The molecule has 3 rings (SSSR count). The van der Waals surface area contributed by atoms with Crippen molar-refractivity contribution in [3.05, 3.63) is 11.3 Å². The van der Waals surface area contributed by atoms with Crippen molar-refractivity contribution in [1.29, 1.82) is 0 Å². The van der Waals surface area contributed by atoms with Crippen LogP contribution in [-0.2, 0) is 9.53 Å². The van der Waals surface area contributed by atoms with Gasteiger partial charge in [-0.3, -0.25) is 4.79 Å². The summed E-state index contributed by atoms with van der Waals surface area (Å²) in [5, 5.41) is 0. The first-order chi connectivity index (χ1) is 8.42. The molecule has 1 saturated carbocycles. The van der Waals surface area contributed by atoms with Crippen LogP contribution < -0.4 is 0 Å². The molecule has 2 aliphatic carbocycles. The number of ketones is 1. The van der Waals surface area contributed by atoms with Gasteiger partial charge in [0.1, 0.15) is 11.4 Å². The lowest BCUT2D eigenvalue weighted by Crippen LogP contribution is -2.51. The largest absolute Gasteiger partial charge is 0.491 e. The highest BCUT2D eigenvalue weighted by Crippen LogP contribution is 2.55. The van der Waals surface area contributed by atoms with Gasteiger partial charge in [-0.15, -0.1) is 0 Å². The number of Topliss-reactive ketones (excluding diaryl/α,β-unsaturated/α-hetero) is 1. The van der Waals surface area contributed by atoms with Crippen molar-refractivity contribution in [2.24, 2.45) is 11.3 Å². The molecule has 0 aromatic heterocycles. The molecule has 2 unspecified atom stereocenters. The van der Waals surface area contributed by atoms with Crippen molar-refractivity contribution < 1.29 is 9.53 Å². The third-order valence-corrected chi connectivity index (χ3v) is 5.42. The van der Waals surface area contributed by atoms with Crippen molar-refractivity contribution in [2.45, 2.75) is 71.3 Å². The SMILES string of the molecule is CC1(C)CCCC2(C)OC3=C(CC12)C(=O)CCC3. The summed E-state index contributed by atoms with van der Waals surface area (Å²) in [5.74, 6) is 1.88. The van der Waals surface area contributed by atoms with Gasteiger partial charge in [-0.2, -0.15) is 0 Å². The maximum atomic E-state index is 12.1. The third kappa shape index (κ3) is 1.72. The van der Waals surface area contributed by atoms with Gasteiger partial charge in [-0.1, -0.05) is 13.8 Å². The van der Waals surface area contributed by atoms with E-state index in [0.29, 0.717) is 17.1 Å². The summed E-state index contributed by atoms with van der Waals surface area (Å²) >= 11 is 0. The van der Waals surface area contributed by atoms with Crippen LogP contribution in [0.3, 0.4) is 0 Å². The molecule has 0 aromatic rings. The van der Waals surface area contributed by atoms with Gasteiger partial charge in [0.2, 0.25) is 0 Å². The first-order valence-corrected chi connectivity index (χ1v) is 7.37. The van der Waals surface area contributed by atoms with Gasteiger partial charge in [-0.25, -0.2) is 0 Å². The van der Waals surface area contributed by atoms with Crippen LogP contribution in [0.25, 0.3) is 0 Å². The Bertz CT molecular complexity index is 419. The Balaban J connectivity index is 1.99. The highest BCUT2D eigenvalue weighted by Gasteiger charge is 2.52. The van der Waals surface area contributed by atoms with E-state index in [1.165, 1.54) is 12.8 Å². The van der Waals surface area contributed by atoms with Gasteiger partial charge in [0, 0.05) is 24.3 Å². The zero-order valence-electron chi connectivity index (χ0n) is 11.8. The number of fused-ring (bicyclic) bond motifs is 1. The van der Waals surface area contributed by atoms with Crippen molar-refractivity contribution in [3.8, 4) is 0 Å². The number of allylic oxidation sites excluding steroid dienone is 2. The smallest absolute Gasteiger partial charge is 0.162 e. The highest BCUT2D eigenvalue weighted by atomic mass is 16.5. The summed E-state index contributed by atoms with van der Waals surface area (Å²) < 4.78 is 6.35. The molecule has 100 valence electrons. The lowest BCUT2D eigenvalue weighted by Gasteiger charge is -2.54. The minimum atomic E-state index is -0.0296. The average molecular weight is 248 g/mol. The van der Waals surface area contributed by atoms with E-state index in [-0.39, 0.29) is 5.60 Å². The lowest BCUT2D eigenvalue weighted by atomic mass is 9.58. The highest BCUT2D eigenvalue weighted by molar-refractivity contribution is 5.96. The quantitative estimate of drug-likeness (QED) is 0.647.